The average Bonchev–Trinajstić information content (AvgIpc) is 3.50. The predicted octanol–water partition coefficient (Wildman–Crippen LogP) is 4.80. The van der Waals surface area contributed by atoms with E-state index < -0.39 is 13.2 Å². The van der Waals surface area contributed by atoms with Crippen LogP contribution >= 0.6 is 0 Å². The number of benzene rings is 1. The number of fused-ring (bicyclic) bond motifs is 3. The van der Waals surface area contributed by atoms with Crippen LogP contribution in [-0.2, 0) is 10.8 Å². The number of non-ortho nitro benzene ring substituents is 1. The normalized spacial score (nSPS) is 19.9. The van der Waals surface area contributed by atoms with Crippen LogP contribution in [0.15, 0.2) is 43.0 Å². The number of ether oxygens (including phenoxy) is 1. The Labute approximate surface area is 228 Å². The van der Waals surface area contributed by atoms with Crippen LogP contribution in [0.1, 0.15) is 38.8 Å². The Bertz CT molecular complexity index is 1480. The molecule has 11 nitrogen and oxygen atoms in total. The fourth-order valence-electron chi connectivity index (χ4n) is 4.90. The molecule has 3 atom stereocenters. The fraction of sp³-hybridized carbons (Fsp3) is 0.519. The van der Waals surface area contributed by atoms with Gasteiger partial charge in [-0.3, -0.25) is 14.5 Å². The molecular weight excluding hydrogens is 516 g/mol. The van der Waals surface area contributed by atoms with Crippen molar-refractivity contribution in [2.24, 2.45) is 11.8 Å². The van der Waals surface area contributed by atoms with Crippen molar-refractivity contribution in [1.29, 1.82) is 0 Å². The summed E-state index contributed by atoms with van der Waals surface area (Å²) in [6.07, 6.45) is 6.80. The van der Waals surface area contributed by atoms with Crippen molar-refractivity contribution in [3.05, 3.63) is 58.7 Å². The number of aliphatic hydroxyl groups is 1. The Morgan fingerprint density at radius 3 is 2.62 bits per heavy atom. The van der Waals surface area contributed by atoms with E-state index in [4.69, 9.17) is 14.1 Å². The minimum absolute atomic E-state index is 0.0609. The Kier molecular flexibility index (Phi) is 7.20. The molecule has 0 unspecified atom stereocenters. The molecule has 1 fully saturated rings. The van der Waals surface area contributed by atoms with Gasteiger partial charge in [0, 0.05) is 56.1 Å². The van der Waals surface area contributed by atoms with Crippen molar-refractivity contribution in [3.63, 3.8) is 0 Å². The van der Waals surface area contributed by atoms with E-state index in [2.05, 4.69) is 48.4 Å². The fourth-order valence-corrected chi connectivity index (χ4v) is 5.94. The van der Waals surface area contributed by atoms with Crippen LogP contribution < -0.4 is 4.74 Å². The smallest absolute Gasteiger partial charge is 0.269 e. The van der Waals surface area contributed by atoms with Crippen LogP contribution in [0.2, 0.25) is 18.1 Å². The maximum atomic E-state index is 10.9. The number of aromatic nitrogens is 5. The third-order valence-corrected chi connectivity index (χ3v) is 13.0. The second-order valence-electron chi connectivity index (χ2n) is 11.8. The van der Waals surface area contributed by atoms with Crippen molar-refractivity contribution in [2.75, 3.05) is 19.8 Å². The topological polar surface area (TPSA) is 130 Å². The summed E-state index contributed by atoms with van der Waals surface area (Å²) in [7, 11) is -1.94. The highest BCUT2D eigenvalue weighted by molar-refractivity contribution is 6.74. The number of hydrogen-bond acceptors (Lipinski definition) is 8. The maximum Gasteiger partial charge on any atom is 0.269 e. The summed E-state index contributed by atoms with van der Waals surface area (Å²) in [5.74, 6) is 1.26. The van der Waals surface area contributed by atoms with Crippen molar-refractivity contribution in [2.45, 2.75) is 57.8 Å². The van der Waals surface area contributed by atoms with Crippen molar-refractivity contribution < 1.29 is 19.2 Å². The summed E-state index contributed by atoms with van der Waals surface area (Å²) < 4.78 is 16.7. The summed E-state index contributed by atoms with van der Waals surface area (Å²) in [6, 6.07) is 6.58. The van der Waals surface area contributed by atoms with E-state index in [1.54, 1.807) is 18.3 Å². The molecule has 0 aliphatic heterocycles. The lowest BCUT2D eigenvalue weighted by atomic mass is 9.70. The van der Waals surface area contributed by atoms with E-state index in [1.807, 2.05) is 16.9 Å². The molecule has 3 heterocycles. The molecule has 0 bridgehead atoms. The molecule has 0 radical (unpaired) electrons. The number of nitro groups is 1. The standard InChI is InChI=1S/C27H36N6O5Si/c1-27(2,3)39(4,5)38-16-21-19(15-34)14-22(21)32-17-29-23-24(30-26-28-11-12-31(26)25(23)32)37-13-10-18-6-8-20(9-7-18)33(35)36/h6-9,11-12,17,19,21-22,34H,10,13-16H2,1-5H3/t19-,21-,22-/m1/s1. The van der Waals surface area contributed by atoms with Crippen molar-refractivity contribution in [3.8, 4) is 5.88 Å². The van der Waals surface area contributed by atoms with Gasteiger partial charge in [0.05, 0.1) is 17.9 Å². The zero-order valence-corrected chi connectivity index (χ0v) is 24.1. The Morgan fingerprint density at radius 1 is 1.21 bits per heavy atom. The van der Waals surface area contributed by atoms with E-state index in [0.29, 0.717) is 36.8 Å². The third-order valence-electron chi connectivity index (χ3n) is 8.48. The van der Waals surface area contributed by atoms with Gasteiger partial charge < -0.3 is 18.8 Å². The molecule has 4 aromatic rings. The van der Waals surface area contributed by atoms with Gasteiger partial charge in [-0.05, 0) is 36.0 Å². The number of nitro benzene ring substituents is 1. The van der Waals surface area contributed by atoms with Gasteiger partial charge >= 0.3 is 0 Å². The molecule has 1 aliphatic carbocycles. The average molecular weight is 553 g/mol. The van der Waals surface area contributed by atoms with Gasteiger partial charge in [0.15, 0.2) is 19.5 Å². The van der Waals surface area contributed by atoms with Gasteiger partial charge in [-0.25, -0.2) is 9.97 Å². The zero-order chi connectivity index (χ0) is 27.9. The first-order valence-electron chi connectivity index (χ1n) is 13.3. The van der Waals surface area contributed by atoms with Crippen LogP contribution in [0.4, 0.5) is 5.69 Å². The van der Waals surface area contributed by atoms with E-state index in [0.717, 1.165) is 17.6 Å². The summed E-state index contributed by atoms with van der Waals surface area (Å²) in [5, 5.41) is 21.1. The lowest BCUT2D eigenvalue weighted by molar-refractivity contribution is -0.384. The van der Waals surface area contributed by atoms with Crippen LogP contribution in [0, 0.1) is 22.0 Å². The number of nitrogens with zero attached hydrogens (tertiary/aromatic N) is 6. The first-order valence-corrected chi connectivity index (χ1v) is 16.2. The molecule has 0 saturated heterocycles. The van der Waals surface area contributed by atoms with E-state index in [1.165, 1.54) is 12.1 Å². The summed E-state index contributed by atoms with van der Waals surface area (Å²) in [4.78, 5) is 24.2. The Hall–Kier alpha value is -3.35. The van der Waals surface area contributed by atoms with Gasteiger partial charge in [0.25, 0.3) is 5.69 Å². The molecule has 0 amide bonds. The van der Waals surface area contributed by atoms with Gasteiger partial charge in [-0.1, -0.05) is 32.9 Å². The molecule has 3 aromatic heterocycles. The number of hydrogen-bond donors (Lipinski definition) is 1. The SMILES string of the molecule is CC(C)(C)[Si](C)(C)OC[C@@H]1[C@@H](CO)C[C@H]1n1cnc2c(OCCc3ccc([N+](=O)[O-])cc3)nc3nccn3c21. The highest BCUT2D eigenvalue weighted by atomic mass is 28.4. The van der Waals surface area contributed by atoms with Crippen molar-refractivity contribution >= 4 is 30.9 Å². The van der Waals surface area contributed by atoms with Gasteiger partial charge in [-0.15, -0.1) is 0 Å². The molecule has 208 valence electrons. The number of aliphatic hydroxyl groups excluding tert-OH is 1. The summed E-state index contributed by atoms with van der Waals surface area (Å²) >= 11 is 0. The highest BCUT2D eigenvalue weighted by Crippen LogP contribution is 2.47. The molecule has 1 aromatic carbocycles. The molecule has 1 aliphatic rings. The third kappa shape index (κ3) is 5.15. The minimum Gasteiger partial charge on any atom is -0.476 e. The second kappa shape index (κ2) is 10.3. The number of imidazole rings is 2. The zero-order valence-electron chi connectivity index (χ0n) is 23.1. The first kappa shape index (κ1) is 27.2. The number of rotatable bonds is 10. The van der Waals surface area contributed by atoms with E-state index in [-0.39, 0.29) is 35.2 Å². The largest absolute Gasteiger partial charge is 0.476 e. The molecule has 5 rings (SSSR count). The quantitative estimate of drug-likeness (QED) is 0.169. The molecule has 12 heteroatoms. The van der Waals surface area contributed by atoms with E-state index >= 15 is 0 Å². The van der Waals surface area contributed by atoms with Gasteiger partial charge in [-0.2, -0.15) is 4.98 Å². The lowest BCUT2D eigenvalue weighted by Gasteiger charge is -2.47. The first-order chi connectivity index (χ1) is 18.5. The molecule has 0 spiro atoms. The Balaban J connectivity index is 1.38. The Morgan fingerprint density at radius 2 is 1.95 bits per heavy atom. The van der Waals surface area contributed by atoms with Gasteiger partial charge in [0.2, 0.25) is 11.7 Å². The lowest BCUT2D eigenvalue weighted by Crippen LogP contribution is -2.48. The monoisotopic (exact) mass is 552 g/mol. The molecule has 1 N–H and O–H groups in total. The van der Waals surface area contributed by atoms with Crippen molar-refractivity contribution in [1.82, 2.24) is 23.9 Å². The van der Waals surface area contributed by atoms with Crippen LogP contribution in [-0.4, -0.2) is 62.1 Å². The van der Waals surface area contributed by atoms with E-state index in [9.17, 15) is 15.2 Å². The van der Waals surface area contributed by atoms with Crippen LogP contribution in [0.25, 0.3) is 16.9 Å². The summed E-state index contributed by atoms with van der Waals surface area (Å²) in [6.45, 7) is 12.3. The highest BCUT2D eigenvalue weighted by Gasteiger charge is 2.45. The molecule has 1 saturated carbocycles. The molecular formula is C27H36N6O5Si. The maximum absolute atomic E-state index is 10.9. The van der Waals surface area contributed by atoms with Crippen LogP contribution in [0.3, 0.4) is 0 Å². The second-order valence-corrected chi connectivity index (χ2v) is 16.7. The molecule has 39 heavy (non-hydrogen) atoms. The summed E-state index contributed by atoms with van der Waals surface area (Å²) in [5.41, 5.74) is 2.48. The van der Waals surface area contributed by atoms with Crippen LogP contribution in [0.5, 0.6) is 5.88 Å². The predicted molar refractivity (Wildman–Crippen MR) is 149 cm³/mol. The minimum atomic E-state index is -1.94. The van der Waals surface area contributed by atoms with Gasteiger partial charge in [0.1, 0.15) is 0 Å².